The van der Waals surface area contributed by atoms with Gasteiger partial charge in [0.1, 0.15) is 17.9 Å². The lowest BCUT2D eigenvalue weighted by atomic mass is 9.90. The number of likely N-dealkylation sites (tertiary alicyclic amines) is 1. The number of nitrogens with one attached hydrogen (secondary N) is 2. The number of benzene rings is 2. The van der Waals surface area contributed by atoms with E-state index in [2.05, 4.69) is 19.9 Å². The molecule has 2 N–H and O–H groups in total. The molecule has 2 unspecified atom stereocenters. The zero-order valence-corrected chi connectivity index (χ0v) is 20.5. The molecule has 2 atom stereocenters. The number of sulfonamides is 1. The minimum atomic E-state index is -4.60. The predicted molar refractivity (Wildman–Crippen MR) is 128 cm³/mol. The summed E-state index contributed by atoms with van der Waals surface area (Å²) in [7, 11) is -4.60. The summed E-state index contributed by atoms with van der Waals surface area (Å²) >= 11 is 0. The van der Waals surface area contributed by atoms with Crippen LogP contribution >= 0.6 is 0 Å². The maximum absolute atomic E-state index is 15.1. The van der Waals surface area contributed by atoms with Crippen molar-refractivity contribution in [3.05, 3.63) is 70.7 Å². The van der Waals surface area contributed by atoms with Gasteiger partial charge in [-0.3, -0.25) is 9.62 Å². The molecule has 2 fully saturated rings. The maximum atomic E-state index is 15.1. The first-order valence-electron chi connectivity index (χ1n) is 11.9. The van der Waals surface area contributed by atoms with E-state index in [1.165, 1.54) is 38.3 Å². The normalized spacial score (nSPS) is 20.0. The van der Waals surface area contributed by atoms with Gasteiger partial charge in [0.05, 0.1) is 0 Å². The fraction of sp³-hybridized carbons (Fsp3) is 0.400. The highest BCUT2D eigenvalue weighted by Crippen LogP contribution is 2.37. The van der Waals surface area contributed by atoms with Gasteiger partial charge in [-0.05, 0) is 49.8 Å². The highest BCUT2D eigenvalue weighted by atomic mass is 32.2. The standard InChI is InChI=1S/C25H27F3N4O3S/c1-15-22(11-21(27)25(24(15)28)36(33,34)31-23-8-9-35-30-23)29-12-19-17(5-3-7-20(19)26)14-32-13-16-4-2-6-18(32)10-16/h3,5,7-9,11,16,18,29H,2,4,6,10,12-14H2,1H3,(H,30,31). The summed E-state index contributed by atoms with van der Waals surface area (Å²) in [4.78, 5) is 1.28. The summed E-state index contributed by atoms with van der Waals surface area (Å²) < 4.78 is 76.5. The molecule has 0 radical (unpaired) electrons. The lowest BCUT2D eigenvalue weighted by Crippen LogP contribution is -2.29. The highest BCUT2D eigenvalue weighted by Gasteiger charge is 2.35. The summed E-state index contributed by atoms with van der Waals surface area (Å²) in [6.07, 6.45) is 5.91. The van der Waals surface area contributed by atoms with Gasteiger partial charge in [0, 0.05) is 48.6 Å². The Hall–Kier alpha value is -3.05. The first kappa shape index (κ1) is 24.6. The van der Waals surface area contributed by atoms with Gasteiger partial charge in [-0.2, -0.15) is 0 Å². The van der Waals surface area contributed by atoms with Gasteiger partial charge >= 0.3 is 0 Å². The van der Waals surface area contributed by atoms with E-state index in [9.17, 15) is 17.2 Å². The Labute approximate surface area is 207 Å². The van der Waals surface area contributed by atoms with Crippen molar-refractivity contribution in [3.63, 3.8) is 0 Å². The highest BCUT2D eigenvalue weighted by molar-refractivity contribution is 7.92. The third-order valence-electron chi connectivity index (χ3n) is 7.18. The zero-order valence-electron chi connectivity index (χ0n) is 19.7. The van der Waals surface area contributed by atoms with Crippen LogP contribution in [0, 0.1) is 30.3 Å². The van der Waals surface area contributed by atoms with Crippen LogP contribution in [0.5, 0.6) is 0 Å². The smallest absolute Gasteiger partial charge is 0.269 e. The molecule has 1 aliphatic carbocycles. The predicted octanol–water partition coefficient (Wildman–Crippen LogP) is 5.19. The van der Waals surface area contributed by atoms with Crippen LogP contribution in [-0.2, 0) is 23.1 Å². The van der Waals surface area contributed by atoms with Crippen molar-refractivity contribution >= 4 is 21.5 Å². The van der Waals surface area contributed by atoms with Crippen molar-refractivity contribution in [3.8, 4) is 0 Å². The molecule has 5 rings (SSSR count). The number of anilines is 2. The second-order valence-corrected chi connectivity index (χ2v) is 11.1. The van der Waals surface area contributed by atoms with Crippen molar-refractivity contribution in [1.82, 2.24) is 10.1 Å². The van der Waals surface area contributed by atoms with E-state index >= 15 is 4.39 Å². The molecule has 2 heterocycles. The van der Waals surface area contributed by atoms with Crippen molar-refractivity contribution in [2.45, 2.75) is 56.6 Å². The fourth-order valence-corrected chi connectivity index (χ4v) is 6.55. The molecule has 11 heteroatoms. The molecular weight excluding hydrogens is 493 g/mol. The Kier molecular flexibility index (Phi) is 6.69. The molecule has 0 spiro atoms. The second kappa shape index (κ2) is 9.78. The van der Waals surface area contributed by atoms with Crippen LogP contribution in [0.3, 0.4) is 0 Å². The van der Waals surface area contributed by atoms with Crippen LogP contribution in [0.1, 0.15) is 42.4 Å². The van der Waals surface area contributed by atoms with Crippen molar-refractivity contribution < 1.29 is 26.1 Å². The van der Waals surface area contributed by atoms with E-state index < -0.39 is 32.4 Å². The Bertz CT molecular complexity index is 1370. The molecule has 192 valence electrons. The number of aromatic nitrogens is 1. The van der Waals surface area contributed by atoms with Gasteiger partial charge in [-0.25, -0.2) is 21.6 Å². The summed E-state index contributed by atoms with van der Waals surface area (Å²) in [6, 6.07) is 7.53. The Morgan fingerprint density at radius 2 is 2.00 bits per heavy atom. The topological polar surface area (TPSA) is 87.5 Å². The molecule has 1 saturated heterocycles. The molecule has 2 aromatic carbocycles. The quantitative estimate of drug-likeness (QED) is 0.425. The third-order valence-corrected chi connectivity index (χ3v) is 8.56. The van der Waals surface area contributed by atoms with Gasteiger partial charge < -0.3 is 9.84 Å². The molecule has 36 heavy (non-hydrogen) atoms. The van der Waals surface area contributed by atoms with Crippen LogP contribution < -0.4 is 10.0 Å². The molecule has 1 aliphatic heterocycles. The first-order chi connectivity index (χ1) is 17.2. The fourth-order valence-electron chi connectivity index (χ4n) is 5.36. The van der Waals surface area contributed by atoms with Crippen LogP contribution in [-0.4, -0.2) is 31.1 Å². The minimum absolute atomic E-state index is 0.00700. The zero-order chi connectivity index (χ0) is 25.4. The number of halogens is 3. The lowest BCUT2D eigenvalue weighted by molar-refractivity contribution is 0.236. The van der Waals surface area contributed by atoms with Crippen molar-refractivity contribution in [2.75, 3.05) is 16.6 Å². The number of nitrogens with zero attached hydrogens (tertiary/aromatic N) is 2. The monoisotopic (exact) mass is 520 g/mol. The largest absolute Gasteiger partial charge is 0.380 e. The first-order valence-corrected chi connectivity index (χ1v) is 13.4. The van der Waals surface area contributed by atoms with Crippen molar-refractivity contribution in [1.29, 1.82) is 0 Å². The Morgan fingerprint density at radius 1 is 1.17 bits per heavy atom. The minimum Gasteiger partial charge on any atom is -0.380 e. The maximum Gasteiger partial charge on any atom is 0.269 e. The van der Waals surface area contributed by atoms with Gasteiger partial charge in [0.25, 0.3) is 10.0 Å². The Morgan fingerprint density at radius 3 is 2.75 bits per heavy atom. The van der Waals surface area contributed by atoms with E-state index in [1.54, 1.807) is 6.07 Å². The third kappa shape index (κ3) is 4.81. The van der Waals surface area contributed by atoms with Crippen LogP contribution in [0.4, 0.5) is 24.7 Å². The Balaban J connectivity index is 1.37. The molecule has 1 aromatic heterocycles. The molecule has 3 aromatic rings. The number of fused-ring (bicyclic) bond motifs is 2. The molecule has 2 bridgehead atoms. The molecule has 1 saturated carbocycles. The summed E-state index contributed by atoms with van der Waals surface area (Å²) in [5.41, 5.74) is 1.17. The van der Waals surface area contributed by atoms with Gasteiger partial charge in [-0.15, -0.1) is 0 Å². The second-order valence-electron chi connectivity index (χ2n) is 9.51. The van der Waals surface area contributed by atoms with E-state index in [-0.39, 0.29) is 23.6 Å². The molecule has 7 nitrogen and oxygen atoms in total. The van der Waals surface area contributed by atoms with Crippen LogP contribution in [0.2, 0.25) is 0 Å². The lowest BCUT2D eigenvalue weighted by Gasteiger charge is -2.25. The van der Waals surface area contributed by atoms with E-state index in [1.807, 2.05) is 10.8 Å². The molecular formula is C25H27F3N4O3S. The number of rotatable bonds is 8. The van der Waals surface area contributed by atoms with Crippen LogP contribution in [0.15, 0.2) is 46.0 Å². The van der Waals surface area contributed by atoms with E-state index in [0.717, 1.165) is 30.9 Å². The summed E-state index contributed by atoms with van der Waals surface area (Å²) in [5.74, 6) is -2.44. The average molecular weight is 521 g/mol. The number of hydrogen-bond donors (Lipinski definition) is 2. The van der Waals surface area contributed by atoms with Gasteiger partial charge in [0.15, 0.2) is 16.5 Å². The van der Waals surface area contributed by atoms with E-state index in [4.69, 9.17) is 0 Å². The van der Waals surface area contributed by atoms with Gasteiger partial charge in [-0.1, -0.05) is 23.7 Å². The summed E-state index contributed by atoms with van der Waals surface area (Å²) in [6.45, 7) is 2.94. The summed E-state index contributed by atoms with van der Waals surface area (Å²) in [5, 5.41) is 6.30. The number of hydrogen-bond acceptors (Lipinski definition) is 6. The molecule has 0 amide bonds. The SMILES string of the molecule is Cc1c(NCc2c(F)cccc2CN2CC3CCCC2C3)cc(F)c(S(=O)(=O)Nc2ccon2)c1F. The molecule has 2 aliphatic rings. The van der Waals surface area contributed by atoms with E-state index in [0.29, 0.717) is 24.1 Å². The van der Waals surface area contributed by atoms with Crippen molar-refractivity contribution in [2.24, 2.45) is 5.92 Å². The van der Waals surface area contributed by atoms with Crippen LogP contribution in [0.25, 0.3) is 0 Å². The average Bonchev–Trinajstić information content (AvgIpc) is 3.42. The van der Waals surface area contributed by atoms with Gasteiger partial charge in [0.2, 0.25) is 0 Å².